The van der Waals surface area contributed by atoms with Gasteiger partial charge in [0.2, 0.25) is 5.91 Å². The zero-order valence-electron chi connectivity index (χ0n) is 13.9. The lowest BCUT2D eigenvalue weighted by molar-refractivity contribution is -0.125. The van der Waals surface area contributed by atoms with E-state index >= 15 is 0 Å². The van der Waals surface area contributed by atoms with Crippen molar-refractivity contribution in [1.82, 2.24) is 10.3 Å². The first kappa shape index (κ1) is 16.3. The predicted molar refractivity (Wildman–Crippen MR) is 97.8 cm³/mol. The van der Waals surface area contributed by atoms with Crippen LogP contribution in [0.3, 0.4) is 0 Å². The molecule has 3 rings (SSSR count). The van der Waals surface area contributed by atoms with Crippen LogP contribution in [-0.2, 0) is 17.6 Å². The number of carbonyl (C=O) groups excluding carboxylic acids is 1. The van der Waals surface area contributed by atoms with Crippen molar-refractivity contribution in [2.75, 3.05) is 6.54 Å². The van der Waals surface area contributed by atoms with Gasteiger partial charge < -0.3 is 16.0 Å². The summed E-state index contributed by atoms with van der Waals surface area (Å²) in [5.41, 5.74) is 8.68. The SMILES string of the molecule is CC(N)(Cc1c[nH]c2ccccc12)C(=O)NCCc1ccccc1. The van der Waals surface area contributed by atoms with E-state index in [0.717, 1.165) is 22.9 Å². The molecule has 0 aliphatic carbocycles. The van der Waals surface area contributed by atoms with Crippen molar-refractivity contribution >= 4 is 16.8 Å². The first-order chi connectivity index (χ1) is 11.6. The van der Waals surface area contributed by atoms with E-state index in [9.17, 15) is 4.79 Å². The number of nitrogens with two attached hydrogens (primary N) is 1. The maximum Gasteiger partial charge on any atom is 0.240 e. The van der Waals surface area contributed by atoms with Crippen LogP contribution < -0.4 is 11.1 Å². The van der Waals surface area contributed by atoms with Gasteiger partial charge in [-0.3, -0.25) is 4.79 Å². The Bertz CT molecular complexity index is 821. The fraction of sp³-hybridized carbons (Fsp3) is 0.250. The second-order valence-corrected chi connectivity index (χ2v) is 6.45. The summed E-state index contributed by atoms with van der Waals surface area (Å²) in [7, 11) is 0. The Morgan fingerprint density at radius 3 is 2.62 bits per heavy atom. The molecule has 0 fully saturated rings. The zero-order valence-corrected chi connectivity index (χ0v) is 13.9. The van der Waals surface area contributed by atoms with Crippen LogP contribution in [-0.4, -0.2) is 23.0 Å². The molecule has 124 valence electrons. The molecule has 4 heteroatoms. The number of benzene rings is 2. The van der Waals surface area contributed by atoms with Crippen LogP contribution in [0, 0.1) is 0 Å². The van der Waals surface area contributed by atoms with Crippen molar-refractivity contribution in [1.29, 1.82) is 0 Å². The van der Waals surface area contributed by atoms with E-state index in [-0.39, 0.29) is 5.91 Å². The molecule has 0 saturated heterocycles. The van der Waals surface area contributed by atoms with Crippen molar-refractivity contribution in [2.45, 2.75) is 25.3 Å². The topological polar surface area (TPSA) is 70.9 Å². The summed E-state index contributed by atoms with van der Waals surface area (Å²) in [4.78, 5) is 15.7. The fourth-order valence-corrected chi connectivity index (χ4v) is 2.92. The van der Waals surface area contributed by atoms with Crippen LogP contribution in [0.25, 0.3) is 10.9 Å². The highest BCUT2D eigenvalue weighted by Gasteiger charge is 2.29. The van der Waals surface area contributed by atoms with E-state index < -0.39 is 5.54 Å². The van der Waals surface area contributed by atoms with Crippen LogP contribution >= 0.6 is 0 Å². The predicted octanol–water partition coefficient (Wildman–Crippen LogP) is 2.79. The number of aromatic nitrogens is 1. The number of H-pyrrole nitrogens is 1. The lowest BCUT2D eigenvalue weighted by Gasteiger charge is -2.23. The molecule has 0 saturated carbocycles. The van der Waals surface area contributed by atoms with Gasteiger partial charge in [-0.25, -0.2) is 0 Å². The molecule has 1 amide bonds. The van der Waals surface area contributed by atoms with Gasteiger partial charge in [0.25, 0.3) is 0 Å². The number of rotatable bonds is 6. The fourth-order valence-electron chi connectivity index (χ4n) is 2.92. The quantitative estimate of drug-likeness (QED) is 0.653. The molecule has 0 aliphatic heterocycles. The molecule has 4 nitrogen and oxygen atoms in total. The number of amides is 1. The highest BCUT2D eigenvalue weighted by molar-refractivity contribution is 5.88. The van der Waals surface area contributed by atoms with Gasteiger partial charge >= 0.3 is 0 Å². The molecular weight excluding hydrogens is 298 g/mol. The lowest BCUT2D eigenvalue weighted by Crippen LogP contribution is -2.53. The minimum atomic E-state index is -0.943. The first-order valence-electron chi connectivity index (χ1n) is 8.22. The molecule has 24 heavy (non-hydrogen) atoms. The molecule has 1 heterocycles. The average Bonchev–Trinajstić information content (AvgIpc) is 2.98. The monoisotopic (exact) mass is 321 g/mol. The summed E-state index contributed by atoms with van der Waals surface area (Å²) >= 11 is 0. The summed E-state index contributed by atoms with van der Waals surface area (Å²) in [6.07, 6.45) is 3.23. The average molecular weight is 321 g/mol. The van der Waals surface area contributed by atoms with Gasteiger partial charge in [0.1, 0.15) is 0 Å². The van der Waals surface area contributed by atoms with Crippen LogP contribution in [0.15, 0.2) is 60.8 Å². The van der Waals surface area contributed by atoms with Crippen molar-refractivity contribution < 1.29 is 4.79 Å². The van der Waals surface area contributed by atoms with Gasteiger partial charge in [-0.1, -0.05) is 48.5 Å². The van der Waals surface area contributed by atoms with E-state index in [0.29, 0.717) is 13.0 Å². The van der Waals surface area contributed by atoms with Crippen LogP contribution in [0.5, 0.6) is 0 Å². The number of aromatic amines is 1. The number of hydrogen-bond donors (Lipinski definition) is 3. The summed E-state index contributed by atoms with van der Waals surface area (Å²) < 4.78 is 0. The number of carbonyl (C=O) groups is 1. The Morgan fingerprint density at radius 1 is 1.12 bits per heavy atom. The Kier molecular flexibility index (Phi) is 4.67. The van der Waals surface area contributed by atoms with Gasteiger partial charge in [0.05, 0.1) is 5.54 Å². The van der Waals surface area contributed by atoms with Gasteiger partial charge in [0.15, 0.2) is 0 Å². The second kappa shape index (κ2) is 6.89. The van der Waals surface area contributed by atoms with E-state index in [2.05, 4.69) is 22.4 Å². The van der Waals surface area contributed by atoms with E-state index in [4.69, 9.17) is 5.73 Å². The van der Waals surface area contributed by atoms with E-state index in [1.807, 2.05) is 48.7 Å². The minimum Gasteiger partial charge on any atom is -0.361 e. The molecule has 0 aliphatic rings. The summed E-state index contributed by atoms with van der Waals surface area (Å²) in [6, 6.07) is 18.1. The normalized spacial score (nSPS) is 13.6. The van der Waals surface area contributed by atoms with Gasteiger partial charge in [-0.05, 0) is 30.5 Å². The molecule has 3 aromatic rings. The van der Waals surface area contributed by atoms with Crippen molar-refractivity contribution in [3.8, 4) is 0 Å². The highest BCUT2D eigenvalue weighted by atomic mass is 16.2. The minimum absolute atomic E-state index is 0.122. The molecule has 1 aromatic heterocycles. The standard InChI is InChI=1S/C20H23N3O/c1-20(21,13-16-14-23-18-10-6-5-9-17(16)18)19(24)22-12-11-15-7-3-2-4-8-15/h2-10,14,23H,11-13,21H2,1H3,(H,22,24). The number of nitrogens with one attached hydrogen (secondary N) is 2. The maximum absolute atomic E-state index is 12.5. The van der Waals surface area contributed by atoms with Gasteiger partial charge in [-0.15, -0.1) is 0 Å². The summed E-state index contributed by atoms with van der Waals surface area (Å²) in [6.45, 7) is 2.37. The van der Waals surface area contributed by atoms with Crippen LogP contribution in [0.4, 0.5) is 0 Å². The molecule has 1 unspecified atom stereocenters. The molecule has 4 N–H and O–H groups in total. The van der Waals surface area contributed by atoms with Crippen LogP contribution in [0.1, 0.15) is 18.1 Å². The lowest BCUT2D eigenvalue weighted by atomic mass is 9.92. The second-order valence-electron chi connectivity index (χ2n) is 6.45. The number of para-hydroxylation sites is 1. The molecule has 2 aromatic carbocycles. The van der Waals surface area contributed by atoms with Gasteiger partial charge in [0, 0.05) is 30.1 Å². The Balaban J connectivity index is 1.61. The highest BCUT2D eigenvalue weighted by Crippen LogP contribution is 2.21. The number of hydrogen-bond acceptors (Lipinski definition) is 2. The van der Waals surface area contributed by atoms with E-state index in [1.54, 1.807) is 6.92 Å². The van der Waals surface area contributed by atoms with Crippen LogP contribution in [0.2, 0.25) is 0 Å². The molecule has 0 spiro atoms. The summed E-state index contributed by atoms with van der Waals surface area (Å²) in [5.74, 6) is -0.122. The largest absolute Gasteiger partial charge is 0.361 e. The molecule has 0 radical (unpaired) electrons. The number of fused-ring (bicyclic) bond motifs is 1. The molecular formula is C20H23N3O. The third kappa shape index (κ3) is 3.66. The maximum atomic E-state index is 12.5. The molecule has 1 atom stereocenters. The molecule has 0 bridgehead atoms. The van der Waals surface area contributed by atoms with Crippen molar-refractivity contribution in [2.24, 2.45) is 5.73 Å². The smallest absolute Gasteiger partial charge is 0.240 e. The Labute approximate surface area is 142 Å². The Morgan fingerprint density at radius 2 is 1.83 bits per heavy atom. The Hall–Kier alpha value is -2.59. The summed E-state index contributed by atoms with van der Waals surface area (Å²) in [5, 5.41) is 4.07. The first-order valence-corrected chi connectivity index (χ1v) is 8.22. The van der Waals surface area contributed by atoms with E-state index in [1.165, 1.54) is 5.56 Å². The third-order valence-electron chi connectivity index (χ3n) is 4.29. The van der Waals surface area contributed by atoms with Gasteiger partial charge in [-0.2, -0.15) is 0 Å². The van der Waals surface area contributed by atoms with Crippen molar-refractivity contribution in [3.63, 3.8) is 0 Å². The third-order valence-corrected chi connectivity index (χ3v) is 4.29. The van der Waals surface area contributed by atoms with Crippen molar-refractivity contribution in [3.05, 3.63) is 71.9 Å². The zero-order chi connectivity index (χ0) is 17.0.